The highest BCUT2D eigenvalue weighted by atomic mass is 16.5. The van der Waals surface area contributed by atoms with Gasteiger partial charge in [-0.2, -0.15) is 10.3 Å². The summed E-state index contributed by atoms with van der Waals surface area (Å²) in [6.07, 6.45) is 2.09. The Bertz CT molecular complexity index is 402. The number of hydrogen-bond donors (Lipinski definition) is 2. The minimum Gasteiger partial charge on any atom is -0.464 e. The summed E-state index contributed by atoms with van der Waals surface area (Å²) in [5, 5.41) is 13.8. The smallest absolute Gasteiger partial charge is 0.360 e. The van der Waals surface area contributed by atoms with E-state index in [9.17, 15) is 4.79 Å². The molecule has 0 atom stereocenters. The van der Waals surface area contributed by atoms with E-state index in [0.717, 1.165) is 25.3 Å². The van der Waals surface area contributed by atoms with E-state index in [1.54, 1.807) is 0 Å². The molecule has 2 N–H and O–H groups in total. The van der Waals surface area contributed by atoms with Gasteiger partial charge in [0.1, 0.15) is 5.69 Å². The van der Waals surface area contributed by atoms with Crippen LogP contribution >= 0.6 is 0 Å². The number of hydrogen-bond acceptors (Lipinski definition) is 5. The Hall–Kier alpha value is -1.43. The number of methoxy groups -OCH3 is 1. The molecule has 2 saturated heterocycles. The van der Waals surface area contributed by atoms with Crippen LogP contribution < -0.4 is 5.32 Å². The van der Waals surface area contributed by atoms with Crippen molar-refractivity contribution in [2.24, 2.45) is 5.92 Å². The van der Waals surface area contributed by atoms with Gasteiger partial charge >= 0.3 is 5.97 Å². The highest BCUT2D eigenvalue weighted by Gasteiger charge is 2.54. The molecule has 6 nitrogen and oxygen atoms in total. The summed E-state index contributed by atoms with van der Waals surface area (Å²) in [6.45, 7) is 1.01. The highest BCUT2D eigenvalue weighted by Crippen LogP contribution is 2.50. The van der Waals surface area contributed by atoms with Crippen molar-refractivity contribution in [1.29, 1.82) is 0 Å². The van der Waals surface area contributed by atoms with Crippen LogP contribution in [0.15, 0.2) is 0 Å². The van der Waals surface area contributed by atoms with Crippen molar-refractivity contribution in [3.63, 3.8) is 0 Å². The minimum absolute atomic E-state index is 0.124. The van der Waals surface area contributed by atoms with Gasteiger partial charge < -0.3 is 10.1 Å². The van der Waals surface area contributed by atoms with Gasteiger partial charge in [-0.05, 0) is 25.3 Å². The summed E-state index contributed by atoms with van der Waals surface area (Å²) < 4.78 is 4.67. The average molecular weight is 208 g/mol. The third kappa shape index (κ3) is 1.05. The summed E-state index contributed by atoms with van der Waals surface area (Å²) in [7, 11) is 1.35. The zero-order chi connectivity index (χ0) is 10.5. The van der Waals surface area contributed by atoms with Crippen LogP contribution in [-0.4, -0.2) is 35.0 Å². The number of aromatic amines is 1. The molecule has 0 radical (unpaired) electrons. The normalized spacial score (nSPS) is 32.5. The van der Waals surface area contributed by atoms with Gasteiger partial charge in [-0.1, -0.05) is 0 Å². The van der Waals surface area contributed by atoms with Gasteiger partial charge in [0.25, 0.3) is 0 Å². The van der Waals surface area contributed by atoms with Crippen LogP contribution in [0.1, 0.15) is 29.0 Å². The predicted octanol–water partition coefficient (Wildman–Crippen LogP) is -0.200. The second-order valence-electron chi connectivity index (χ2n) is 4.25. The summed E-state index contributed by atoms with van der Waals surface area (Å²) in [4.78, 5) is 11.4. The first-order chi connectivity index (χ1) is 7.25. The van der Waals surface area contributed by atoms with E-state index in [4.69, 9.17) is 0 Å². The molecule has 3 aliphatic rings. The second-order valence-corrected chi connectivity index (χ2v) is 4.25. The fourth-order valence-electron chi connectivity index (χ4n) is 2.63. The van der Waals surface area contributed by atoms with Crippen molar-refractivity contribution < 1.29 is 9.53 Å². The lowest BCUT2D eigenvalue weighted by molar-refractivity contribution is 0.0587. The van der Waals surface area contributed by atoms with Crippen molar-refractivity contribution in [2.45, 2.75) is 18.4 Å². The number of carbonyl (C=O) groups is 1. The maximum Gasteiger partial charge on any atom is 0.360 e. The van der Waals surface area contributed by atoms with Crippen molar-refractivity contribution in [1.82, 2.24) is 20.7 Å². The lowest BCUT2D eigenvalue weighted by Gasteiger charge is -2.35. The first kappa shape index (κ1) is 8.84. The molecule has 1 aliphatic carbocycles. The maximum atomic E-state index is 11.4. The van der Waals surface area contributed by atoms with E-state index in [-0.39, 0.29) is 5.54 Å². The molecule has 15 heavy (non-hydrogen) atoms. The van der Waals surface area contributed by atoms with E-state index in [0.29, 0.717) is 11.4 Å². The van der Waals surface area contributed by atoms with Crippen molar-refractivity contribution >= 4 is 5.97 Å². The number of nitrogens with zero attached hydrogens (tertiary/aromatic N) is 2. The number of rotatable bonds is 2. The zero-order valence-corrected chi connectivity index (χ0v) is 8.41. The Kier molecular flexibility index (Phi) is 1.64. The van der Waals surface area contributed by atoms with Crippen molar-refractivity contribution in [2.75, 3.05) is 13.7 Å². The molecule has 0 aromatic carbocycles. The Morgan fingerprint density at radius 2 is 2.33 bits per heavy atom. The third-order valence-electron chi connectivity index (χ3n) is 3.38. The molecule has 4 rings (SSSR count). The fraction of sp³-hybridized carbons (Fsp3) is 0.667. The van der Waals surface area contributed by atoms with Crippen LogP contribution in [0.2, 0.25) is 0 Å². The van der Waals surface area contributed by atoms with Crippen LogP contribution in [0.4, 0.5) is 0 Å². The van der Waals surface area contributed by atoms with Gasteiger partial charge in [0, 0.05) is 0 Å². The number of ether oxygens (including phenoxy) is 1. The van der Waals surface area contributed by atoms with Crippen LogP contribution in [0, 0.1) is 5.92 Å². The van der Waals surface area contributed by atoms with Crippen molar-refractivity contribution in [3.8, 4) is 0 Å². The molecule has 6 heteroatoms. The molecular formula is C9H12N4O2. The summed E-state index contributed by atoms with van der Waals surface area (Å²) >= 11 is 0. The van der Waals surface area contributed by atoms with Crippen LogP contribution in [0.3, 0.4) is 0 Å². The SMILES string of the molecule is COC(=O)c1n[nH]nc1C12CC(CN1)C2. The number of carbonyl (C=O) groups excluding carboxylic acids is 1. The molecule has 1 aromatic heterocycles. The first-order valence-corrected chi connectivity index (χ1v) is 5.00. The number of nitrogens with one attached hydrogen (secondary N) is 2. The van der Waals surface area contributed by atoms with Crippen LogP contribution in [0.5, 0.6) is 0 Å². The largest absolute Gasteiger partial charge is 0.464 e. The van der Waals surface area contributed by atoms with Gasteiger partial charge in [0.2, 0.25) is 0 Å². The monoisotopic (exact) mass is 208 g/mol. The molecule has 1 aromatic rings. The van der Waals surface area contributed by atoms with Gasteiger partial charge in [0.05, 0.1) is 12.6 Å². The summed E-state index contributed by atoms with van der Waals surface area (Å²) in [5.74, 6) is 0.303. The number of H-pyrrole nitrogens is 1. The van der Waals surface area contributed by atoms with E-state index in [1.165, 1.54) is 7.11 Å². The topological polar surface area (TPSA) is 79.9 Å². The predicted molar refractivity (Wildman–Crippen MR) is 50.1 cm³/mol. The Balaban J connectivity index is 1.98. The Morgan fingerprint density at radius 1 is 1.53 bits per heavy atom. The van der Waals surface area contributed by atoms with E-state index >= 15 is 0 Å². The lowest BCUT2D eigenvalue weighted by atomic mass is 9.71. The fourth-order valence-corrected chi connectivity index (χ4v) is 2.63. The third-order valence-corrected chi connectivity index (χ3v) is 3.38. The quantitative estimate of drug-likeness (QED) is 0.658. The minimum atomic E-state index is -0.426. The number of esters is 1. The van der Waals surface area contributed by atoms with Crippen LogP contribution in [0.25, 0.3) is 0 Å². The number of aromatic nitrogens is 3. The van der Waals surface area contributed by atoms with E-state index in [1.807, 2.05) is 0 Å². The molecule has 0 amide bonds. The Morgan fingerprint density at radius 3 is 2.93 bits per heavy atom. The molecule has 3 heterocycles. The van der Waals surface area contributed by atoms with E-state index in [2.05, 4.69) is 25.5 Å². The van der Waals surface area contributed by atoms with Gasteiger partial charge in [-0.15, -0.1) is 5.10 Å². The lowest BCUT2D eigenvalue weighted by Crippen LogP contribution is -2.41. The summed E-state index contributed by atoms with van der Waals surface area (Å²) in [6, 6.07) is 0. The maximum absolute atomic E-state index is 11.4. The number of fused-ring (bicyclic) bond motifs is 1. The molecule has 1 saturated carbocycles. The molecule has 2 bridgehead atoms. The Labute approximate surface area is 86.4 Å². The van der Waals surface area contributed by atoms with Gasteiger partial charge in [-0.25, -0.2) is 4.79 Å². The molecular weight excluding hydrogens is 196 g/mol. The standard InChI is InChI=1S/C9H12N4O2/c1-15-8(14)6-7(12-13-11-6)9-2-5(3-9)4-10-9/h5,10H,2-4H2,1H3,(H,11,12,13). The molecule has 0 spiro atoms. The van der Waals surface area contributed by atoms with Crippen molar-refractivity contribution in [3.05, 3.63) is 11.4 Å². The van der Waals surface area contributed by atoms with Gasteiger partial charge in [0.15, 0.2) is 5.69 Å². The summed E-state index contributed by atoms with van der Waals surface area (Å²) in [5.41, 5.74) is 0.898. The molecule has 80 valence electrons. The van der Waals surface area contributed by atoms with Gasteiger partial charge in [-0.3, -0.25) is 0 Å². The van der Waals surface area contributed by atoms with E-state index < -0.39 is 5.97 Å². The second kappa shape index (κ2) is 2.79. The average Bonchev–Trinajstić information content (AvgIpc) is 2.87. The first-order valence-electron chi connectivity index (χ1n) is 5.00. The zero-order valence-electron chi connectivity index (χ0n) is 8.41. The molecule has 3 fully saturated rings. The highest BCUT2D eigenvalue weighted by molar-refractivity contribution is 5.88. The molecule has 0 unspecified atom stereocenters. The van der Waals surface area contributed by atoms with Crippen LogP contribution in [-0.2, 0) is 10.3 Å². The molecule has 2 aliphatic heterocycles.